The minimum Gasteiger partial charge on any atom is -0.487 e. The van der Waals surface area contributed by atoms with E-state index in [0.717, 1.165) is 61.5 Å². The Labute approximate surface area is 218 Å². The van der Waals surface area contributed by atoms with Crippen molar-refractivity contribution in [1.82, 2.24) is 34.7 Å². The first-order chi connectivity index (χ1) is 18.7. The zero-order valence-corrected chi connectivity index (χ0v) is 20.6. The van der Waals surface area contributed by atoms with E-state index in [4.69, 9.17) is 9.72 Å². The molecule has 5 heterocycles. The molecule has 0 atom stereocenters. The van der Waals surface area contributed by atoms with Crippen LogP contribution in [0.15, 0.2) is 97.7 Å². The van der Waals surface area contributed by atoms with Gasteiger partial charge in [0.05, 0.1) is 40.8 Å². The van der Waals surface area contributed by atoms with Gasteiger partial charge < -0.3 is 14.3 Å². The van der Waals surface area contributed by atoms with Crippen LogP contribution in [0.1, 0.15) is 11.3 Å². The normalized spacial score (nSPS) is 11.4. The summed E-state index contributed by atoms with van der Waals surface area (Å²) in [6.07, 6.45) is 7.37. The Morgan fingerprint density at radius 1 is 0.921 bits per heavy atom. The summed E-state index contributed by atoms with van der Waals surface area (Å²) in [5, 5.41) is 8.81. The maximum Gasteiger partial charge on any atom is 0.138 e. The summed E-state index contributed by atoms with van der Waals surface area (Å²) in [4.78, 5) is 17.3. The van der Waals surface area contributed by atoms with Crippen LogP contribution in [-0.2, 0) is 6.61 Å². The van der Waals surface area contributed by atoms with Gasteiger partial charge in [0.15, 0.2) is 0 Å². The second kappa shape index (κ2) is 9.01. The number of H-pyrrole nitrogens is 2. The number of benzene rings is 2. The molecule has 5 aromatic heterocycles. The fourth-order valence-corrected chi connectivity index (χ4v) is 4.67. The highest BCUT2D eigenvalue weighted by atomic mass is 16.5. The van der Waals surface area contributed by atoms with Gasteiger partial charge in [-0.2, -0.15) is 5.10 Å². The van der Waals surface area contributed by atoms with Gasteiger partial charge in [-0.05, 0) is 48.9 Å². The molecule has 0 aliphatic carbocycles. The molecule has 7 rings (SSSR count). The maximum absolute atomic E-state index is 5.98. The molecule has 0 saturated carbocycles. The SMILES string of the molecule is Cc1cn(-c2cccc3[nH]c(-c4n[nH]c5ccc(-c6cncc(OCc7ccccc7)c6)nc45)cc23)cn1. The van der Waals surface area contributed by atoms with Crippen molar-refractivity contribution in [3.8, 4) is 34.1 Å². The molecule has 0 spiro atoms. The van der Waals surface area contributed by atoms with E-state index in [1.54, 1.807) is 12.4 Å². The monoisotopic (exact) mass is 497 g/mol. The van der Waals surface area contributed by atoms with E-state index in [1.807, 2.05) is 78.6 Å². The summed E-state index contributed by atoms with van der Waals surface area (Å²) in [5.41, 5.74) is 9.10. The van der Waals surface area contributed by atoms with Crippen LogP contribution in [-0.4, -0.2) is 34.7 Å². The quantitative estimate of drug-likeness (QED) is 0.283. The molecule has 38 heavy (non-hydrogen) atoms. The van der Waals surface area contributed by atoms with E-state index < -0.39 is 0 Å². The van der Waals surface area contributed by atoms with Gasteiger partial charge in [0.2, 0.25) is 0 Å². The average molecular weight is 498 g/mol. The van der Waals surface area contributed by atoms with Crippen molar-refractivity contribution in [2.24, 2.45) is 0 Å². The number of ether oxygens (including phenoxy) is 1. The molecule has 8 heteroatoms. The van der Waals surface area contributed by atoms with Crippen LogP contribution < -0.4 is 4.74 Å². The second-order valence-corrected chi connectivity index (χ2v) is 9.19. The second-order valence-electron chi connectivity index (χ2n) is 9.19. The van der Waals surface area contributed by atoms with Gasteiger partial charge in [0, 0.05) is 28.9 Å². The first-order valence-electron chi connectivity index (χ1n) is 12.3. The lowest BCUT2D eigenvalue weighted by molar-refractivity contribution is 0.305. The Morgan fingerprint density at radius 3 is 2.71 bits per heavy atom. The largest absolute Gasteiger partial charge is 0.487 e. The van der Waals surface area contributed by atoms with Crippen molar-refractivity contribution < 1.29 is 4.74 Å². The topological polar surface area (TPSA) is 97.3 Å². The molecule has 8 nitrogen and oxygen atoms in total. The zero-order chi connectivity index (χ0) is 25.5. The lowest BCUT2D eigenvalue weighted by Gasteiger charge is -2.08. The number of nitrogens with zero attached hydrogens (tertiary/aromatic N) is 5. The predicted octanol–water partition coefficient (Wildman–Crippen LogP) is 6.24. The summed E-state index contributed by atoms with van der Waals surface area (Å²) >= 11 is 0. The first kappa shape index (κ1) is 22.0. The third-order valence-electron chi connectivity index (χ3n) is 6.55. The number of aryl methyl sites for hydroxylation is 1. The molecular weight excluding hydrogens is 474 g/mol. The fraction of sp³-hybridized carbons (Fsp3) is 0.0667. The number of imidazole rings is 1. The Balaban J connectivity index is 1.24. The van der Waals surface area contributed by atoms with E-state index in [0.29, 0.717) is 12.4 Å². The molecule has 184 valence electrons. The third-order valence-corrected chi connectivity index (χ3v) is 6.55. The van der Waals surface area contributed by atoms with E-state index in [1.165, 1.54) is 0 Å². The molecular formula is C30H23N7O. The van der Waals surface area contributed by atoms with Gasteiger partial charge in [-0.3, -0.25) is 10.1 Å². The van der Waals surface area contributed by atoms with Crippen LogP contribution in [0, 0.1) is 6.92 Å². The highest BCUT2D eigenvalue weighted by Gasteiger charge is 2.16. The van der Waals surface area contributed by atoms with Crippen LogP contribution in [0.3, 0.4) is 0 Å². The Bertz CT molecular complexity index is 1900. The Hall–Kier alpha value is -5.24. The number of aromatic nitrogens is 7. The molecule has 0 saturated heterocycles. The number of hydrogen-bond donors (Lipinski definition) is 2. The smallest absolute Gasteiger partial charge is 0.138 e. The highest BCUT2D eigenvalue weighted by Crippen LogP contribution is 2.32. The fourth-order valence-electron chi connectivity index (χ4n) is 4.67. The first-order valence-corrected chi connectivity index (χ1v) is 12.3. The number of fused-ring (bicyclic) bond motifs is 2. The van der Waals surface area contributed by atoms with E-state index in [-0.39, 0.29) is 0 Å². The van der Waals surface area contributed by atoms with Crippen molar-refractivity contribution in [3.63, 3.8) is 0 Å². The van der Waals surface area contributed by atoms with Gasteiger partial charge in [-0.1, -0.05) is 36.4 Å². The molecule has 0 fully saturated rings. The minimum absolute atomic E-state index is 0.478. The lowest BCUT2D eigenvalue weighted by atomic mass is 10.1. The summed E-state index contributed by atoms with van der Waals surface area (Å²) < 4.78 is 8.02. The van der Waals surface area contributed by atoms with Gasteiger partial charge in [-0.15, -0.1) is 0 Å². The zero-order valence-electron chi connectivity index (χ0n) is 20.6. The summed E-state index contributed by atoms with van der Waals surface area (Å²) in [7, 11) is 0. The predicted molar refractivity (Wildman–Crippen MR) is 147 cm³/mol. The van der Waals surface area contributed by atoms with Crippen molar-refractivity contribution >= 4 is 21.9 Å². The Kier molecular flexibility index (Phi) is 5.21. The summed E-state index contributed by atoms with van der Waals surface area (Å²) in [6.45, 7) is 2.46. The third kappa shape index (κ3) is 3.98. The van der Waals surface area contributed by atoms with Crippen LogP contribution in [0.4, 0.5) is 0 Å². The van der Waals surface area contributed by atoms with Crippen molar-refractivity contribution in [2.75, 3.05) is 0 Å². The van der Waals surface area contributed by atoms with Crippen molar-refractivity contribution in [1.29, 1.82) is 0 Å². The van der Waals surface area contributed by atoms with Gasteiger partial charge in [0.25, 0.3) is 0 Å². The summed E-state index contributed by atoms with van der Waals surface area (Å²) in [5.74, 6) is 0.693. The molecule has 0 radical (unpaired) electrons. The average Bonchev–Trinajstić information content (AvgIpc) is 3.70. The number of pyridine rings is 2. The van der Waals surface area contributed by atoms with E-state index >= 15 is 0 Å². The van der Waals surface area contributed by atoms with Crippen LogP contribution in [0.5, 0.6) is 5.75 Å². The minimum atomic E-state index is 0.478. The molecule has 0 amide bonds. The molecule has 2 N–H and O–H groups in total. The molecule has 0 unspecified atom stereocenters. The molecule has 0 aliphatic rings. The number of rotatable bonds is 6. The Morgan fingerprint density at radius 2 is 1.84 bits per heavy atom. The molecule has 0 aliphatic heterocycles. The molecule has 0 bridgehead atoms. The van der Waals surface area contributed by atoms with Crippen LogP contribution >= 0.6 is 0 Å². The van der Waals surface area contributed by atoms with Gasteiger partial charge in [-0.25, -0.2) is 9.97 Å². The number of hydrogen-bond acceptors (Lipinski definition) is 5. The van der Waals surface area contributed by atoms with Gasteiger partial charge in [0.1, 0.15) is 23.6 Å². The standard InChI is InChI=1S/C30H23N7O/c1-19-16-37(18-32-19)28-9-5-8-25-23(28)13-27(33-25)30-29-26(35-36-30)11-10-24(34-29)21-12-22(15-31-14-21)38-17-20-6-3-2-4-7-20/h2-16,18,33H,17H2,1H3,(H,35,36). The van der Waals surface area contributed by atoms with Crippen LogP contribution in [0.2, 0.25) is 0 Å². The number of aromatic amines is 2. The molecule has 2 aromatic carbocycles. The number of nitrogens with one attached hydrogen (secondary N) is 2. The highest BCUT2D eigenvalue weighted by molar-refractivity contribution is 5.97. The van der Waals surface area contributed by atoms with Crippen molar-refractivity contribution in [3.05, 3.63) is 109 Å². The van der Waals surface area contributed by atoms with Crippen LogP contribution in [0.25, 0.3) is 50.3 Å². The maximum atomic E-state index is 5.98. The molecule has 7 aromatic rings. The lowest BCUT2D eigenvalue weighted by Crippen LogP contribution is -1.96. The van der Waals surface area contributed by atoms with E-state index in [2.05, 4.69) is 43.3 Å². The van der Waals surface area contributed by atoms with Gasteiger partial charge >= 0.3 is 0 Å². The van der Waals surface area contributed by atoms with Crippen molar-refractivity contribution in [2.45, 2.75) is 13.5 Å². The van der Waals surface area contributed by atoms with E-state index in [9.17, 15) is 0 Å². The summed E-state index contributed by atoms with van der Waals surface area (Å²) in [6, 6.07) is 24.3.